The molecule has 0 spiro atoms. The zero-order chi connectivity index (χ0) is 13.5. The van der Waals surface area contributed by atoms with Crippen LogP contribution in [0.4, 0.5) is 0 Å². The first-order valence-electron chi connectivity index (χ1n) is 7.44. The van der Waals surface area contributed by atoms with Gasteiger partial charge in [-0.2, -0.15) is 0 Å². The molecule has 2 nitrogen and oxygen atoms in total. The number of rotatable bonds is 7. The minimum absolute atomic E-state index is 0.763. The van der Waals surface area contributed by atoms with E-state index in [0.717, 1.165) is 6.04 Å². The van der Waals surface area contributed by atoms with E-state index in [-0.39, 0.29) is 0 Å². The minimum Gasteiger partial charge on any atom is -0.315 e. The molecular weight excluding hydrogens is 252 g/mol. The number of aryl methyl sites for hydroxylation is 1. The smallest absolute Gasteiger partial charge is 0.0233 e. The van der Waals surface area contributed by atoms with Crippen LogP contribution in [0, 0.1) is 6.92 Å². The van der Waals surface area contributed by atoms with Gasteiger partial charge in [-0.25, -0.2) is 0 Å². The summed E-state index contributed by atoms with van der Waals surface area (Å²) in [5, 5.41) is 3.48. The average molecular weight is 278 g/mol. The predicted molar refractivity (Wildman–Crippen MR) is 85.0 cm³/mol. The molecule has 1 heterocycles. The summed E-state index contributed by atoms with van der Waals surface area (Å²) in [5.41, 5.74) is 1.34. The molecule has 0 amide bonds. The summed E-state index contributed by atoms with van der Waals surface area (Å²) in [6, 6.07) is 9.64. The van der Waals surface area contributed by atoms with Gasteiger partial charge in [0.15, 0.2) is 0 Å². The van der Waals surface area contributed by atoms with Crippen LogP contribution in [0.1, 0.15) is 25.3 Å². The molecule has 1 N–H and O–H groups in total. The predicted octanol–water partition coefficient (Wildman–Crippen LogP) is 3.16. The van der Waals surface area contributed by atoms with Crippen molar-refractivity contribution < 1.29 is 0 Å². The Morgan fingerprint density at radius 2 is 2.05 bits per heavy atom. The molecule has 1 saturated heterocycles. The molecule has 1 aromatic carbocycles. The molecule has 0 aromatic heterocycles. The molecule has 19 heavy (non-hydrogen) atoms. The Hall–Kier alpha value is -0.510. The molecule has 0 bridgehead atoms. The number of thioether (sulfide) groups is 1. The van der Waals surface area contributed by atoms with Gasteiger partial charge in [0.05, 0.1) is 0 Å². The van der Waals surface area contributed by atoms with Crippen molar-refractivity contribution in [3.8, 4) is 0 Å². The third-order valence-electron chi connectivity index (χ3n) is 3.73. The second-order valence-corrected chi connectivity index (χ2v) is 6.51. The number of benzene rings is 1. The van der Waals surface area contributed by atoms with Gasteiger partial charge in [-0.15, -0.1) is 11.8 Å². The molecule has 1 aliphatic rings. The molecule has 2 rings (SSSR count). The molecule has 3 heteroatoms. The number of nitrogens with one attached hydrogen (secondary N) is 1. The van der Waals surface area contributed by atoms with Crippen LogP contribution in [0.25, 0.3) is 0 Å². The highest BCUT2D eigenvalue weighted by atomic mass is 32.2. The van der Waals surface area contributed by atoms with Crippen molar-refractivity contribution in [2.45, 2.75) is 37.6 Å². The monoisotopic (exact) mass is 278 g/mol. The van der Waals surface area contributed by atoms with Gasteiger partial charge in [-0.05, 0) is 45.0 Å². The second kappa shape index (κ2) is 7.93. The van der Waals surface area contributed by atoms with Crippen LogP contribution in [0.15, 0.2) is 29.2 Å². The van der Waals surface area contributed by atoms with Crippen LogP contribution < -0.4 is 5.32 Å². The van der Waals surface area contributed by atoms with Crippen LogP contribution in [-0.4, -0.2) is 42.9 Å². The topological polar surface area (TPSA) is 15.3 Å². The molecule has 1 unspecified atom stereocenters. The van der Waals surface area contributed by atoms with E-state index in [2.05, 4.69) is 48.3 Å². The van der Waals surface area contributed by atoms with Gasteiger partial charge in [0.1, 0.15) is 0 Å². The largest absolute Gasteiger partial charge is 0.315 e. The Balaban J connectivity index is 1.76. The fourth-order valence-corrected chi connectivity index (χ4v) is 3.52. The standard InChI is InChI=1S/C16H26N2S/c1-3-10-18(15-8-9-17-13-15)11-12-19-16-6-4-14(2)5-7-16/h4-7,15,17H,3,8-13H2,1-2H3. The lowest BCUT2D eigenvalue weighted by atomic mass is 10.2. The van der Waals surface area contributed by atoms with E-state index in [0.29, 0.717) is 0 Å². The van der Waals surface area contributed by atoms with E-state index < -0.39 is 0 Å². The molecule has 0 radical (unpaired) electrons. The maximum Gasteiger partial charge on any atom is 0.0233 e. The van der Waals surface area contributed by atoms with Crippen molar-refractivity contribution in [3.63, 3.8) is 0 Å². The van der Waals surface area contributed by atoms with Crippen molar-refractivity contribution in [3.05, 3.63) is 29.8 Å². The highest BCUT2D eigenvalue weighted by molar-refractivity contribution is 7.99. The molecule has 0 aliphatic carbocycles. The zero-order valence-electron chi connectivity index (χ0n) is 12.2. The quantitative estimate of drug-likeness (QED) is 0.771. The fraction of sp³-hybridized carbons (Fsp3) is 0.625. The summed E-state index contributed by atoms with van der Waals surface area (Å²) in [4.78, 5) is 4.06. The van der Waals surface area contributed by atoms with Crippen molar-refractivity contribution in [2.75, 3.05) is 31.9 Å². The summed E-state index contributed by atoms with van der Waals surface area (Å²) in [6.45, 7) is 9.23. The lowest BCUT2D eigenvalue weighted by Crippen LogP contribution is -2.38. The molecule has 0 saturated carbocycles. The average Bonchev–Trinajstić information content (AvgIpc) is 2.94. The van der Waals surface area contributed by atoms with Gasteiger partial charge in [0.2, 0.25) is 0 Å². The third kappa shape index (κ3) is 4.83. The van der Waals surface area contributed by atoms with Gasteiger partial charge < -0.3 is 5.32 Å². The molecular formula is C16H26N2S. The molecule has 1 atom stereocenters. The van der Waals surface area contributed by atoms with Crippen LogP contribution in [0.3, 0.4) is 0 Å². The molecule has 106 valence electrons. The molecule has 1 aliphatic heterocycles. The lowest BCUT2D eigenvalue weighted by molar-refractivity contribution is 0.221. The van der Waals surface area contributed by atoms with Crippen molar-refractivity contribution in [1.82, 2.24) is 10.2 Å². The van der Waals surface area contributed by atoms with Crippen molar-refractivity contribution in [1.29, 1.82) is 0 Å². The Bertz CT molecular complexity index is 358. The summed E-state index contributed by atoms with van der Waals surface area (Å²) in [6.07, 6.45) is 2.57. The van der Waals surface area contributed by atoms with Crippen molar-refractivity contribution >= 4 is 11.8 Å². The van der Waals surface area contributed by atoms with E-state index in [9.17, 15) is 0 Å². The van der Waals surface area contributed by atoms with E-state index in [1.54, 1.807) is 0 Å². The first-order chi connectivity index (χ1) is 9.29. The number of hydrogen-bond donors (Lipinski definition) is 1. The molecule has 1 fully saturated rings. The van der Waals surface area contributed by atoms with E-state index in [1.165, 1.54) is 55.2 Å². The fourth-order valence-electron chi connectivity index (χ4n) is 2.63. The first kappa shape index (κ1) is 14.9. The third-order valence-corrected chi connectivity index (χ3v) is 4.72. The van der Waals surface area contributed by atoms with Gasteiger partial charge in [0.25, 0.3) is 0 Å². The lowest BCUT2D eigenvalue weighted by Gasteiger charge is -2.27. The van der Waals surface area contributed by atoms with E-state index >= 15 is 0 Å². The van der Waals surface area contributed by atoms with Crippen LogP contribution in [0.5, 0.6) is 0 Å². The van der Waals surface area contributed by atoms with Crippen LogP contribution >= 0.6 is 11.8 Å². The van der Waals surface area contributed by atoms with E-state index in [1.807, 2.05) is 11.8 Å². The highest BCUT2D eigenvalue weighted by Crippen LogP contribution is 2.19. The van der Waals surface area contributed by atoms with Crippen LogP contribution in [-0.2, 0) is 0 Å². The number of hydrogen-bond acceptors (Lipinski definition) is 3. The van der Waals surface area contributed by atoms with Gasteiger partial charge in [0, 0.05) is 29.8 Å². The number of nitrogens with zero attached hydrogens (tertiary/aromatic N) is 1. The Labute approximate surface area is 122 Å². The minimum atomic E-state index is 0.763. The van der Waals surface area contributed by atoms with Gasteiger partial charge in [-0.1, -0.05) is 24.6 Å². The Morgan fingerprint density at radius 1 is 1.26 bits per heavy atom. The summed E-state index contributed by atoms with van der Waals surface area (Å²) < 4.78 is 0. The van der Waals surface area contributed by atoms with E-state index in [4.69, 9.17) is 0 Å². The zero-order valence-corrected chi connectivity index (χ0v) is 13.0. The summed E-state index contributed by atoms with van der Waals surface area (Å²) in [5.74, 6) is 1.19. The second-order valence-electron chi connectivity index (χ2n) is 5.34. The Morgan fingerprint density at radius 3 is 2.68 bits per heavy atom. The maximum absolute atomic E-state index is 3.48. The maximum atomic E-state index is 3.48. The van der Waals surface area contributed by atoms with Crippen LogP contribution in [0.2, 0.25) is 0 Å². The summed E-state index contributed by atoms with van der Waals surface area (Å²) in [7, 11) is 0. The SMILES string of the molecule is CCCN(CCSc1ccc(C)cc1)C1CCNC1. The first-order valence-corrected chi connectivity index (χ1v) is 8.42. The van der Waals surface area contributed by atoms with Gasteiger partial charge >= 0.3 is 0 Å². The van der Waals surface area contributed by atoms with Crippen molar-refractivity contribution in [2.24, 2.45) is 0 Å². The normalized spacial score (nSPS) is 19.2. The Kier molecular flexibility index (Phi) is 6.21. The molecule has 1 aromatic rings. The highest BCUT2D eigenvalue weighted by Gasteiger charge is 2.20. The summed E-state index contributed by atoms with van der Waals surface area (Å²) >= 11 is 1.98. The van der Waals surface area contributed by atoms with Gasteiger partial charge in [-0.3, -0.25) is 4.90 Å².